The molecule has 11 heavy (non-hydrogen) atoms. The quantitative estimate of drug-likeness (QED) is 0.593. The van der Waals surface area contributed by atoms with Crippen molar-refractivity contribution in [3.8, 4) is 0 Å². The molecule has 1 rings (SSSR count). The summed E-state index contributed by atoms with van der Waals surface area (Å²) in [7, 11) is 1.86. The van der Waals surface area contributed by atoms with Gasteiger partial charge in [-0.3, -0.25) is 4.79 Å². The van der Waals surface area contributed by atoms with Gasteiger partial charge in [0.05, 0.1) is 5.41 Å². The monoisotopic (exact) mass is 155 g/mol. The minimum Gasteiger partial charge on any atom is -0.380 e. The molecule has 1 heterocycles. The molecule has 2 N–H and O–H groups in total. The van der Waals surface area contributed by atoms with Crippen LogP contribution in [0, 0.1) is 5.41 Å². The van der Waals surface area contributed by atoms with Crippen LogP contribution in [0.3, 0.4) is 0 Å². The molecule has 0 aromatic heterocycles. The molecule has 3 heteroatoms. The third kappa shape index (κ3) is 1.53. The molecule has 0 aromatic rings. The summed E-state index contributed by atoms with van der Waals surface area (Å²) in [6.07, 6.45) is 2.97. The van der Waals surface area contributed by atoms with E-state index in [-0.39, 0.29) is 0 Å². The highest BCUT2D eigenvalue weighted by Crippen LogP contribution is 2.25. The summed E-state index contributed by atoms with van der Waals surface area (Å²) in [4.78, 5) is 12.9. The maximum Gasteiger partial charge on any atom is 0.225 e. The maximum absolute atomic E-state index is 11.1. The molecule has 3 nitrogen and oxygen atoms in total. The predicted octanol–water partition coefficient (Wildman–Crippen LogP) is 0.327. The number of allylic oxidation sites excluding steroid dienone is 1. The van der Waals surface area contributed by atoms with Crippen LogP contribution >= 0.6 is 0 Å². The van der Waals surface area contributed by atoms with E-state index in [4.69, 9.17) is 7.10 Å². The number of hydrogen-bond acceptors (Lipinski definition) is 2. The van der Waals surface area contributed by atoms with Gasteiger partial charge in [-0.15, -0.1) is 0 Å². The molecule has 0 saturated heterocycles. The molecule has 0 spiro atoms. The largest absolute Gasteiger partial charge is 0.380 e. The number of nitrogens with zero attached hydrogens (tertiary/aromatic N) is 1. The first kappa shape index (κ1) is 6.70. The Morgan fingerprint density at radius 1 is 1.91 bits per heavy atom. The fraction of sp³-hybridized carbons (Fsp3) is 0.625. The highest BCUT2D eigenvalue weighted by Gasteiger charge is 2.32. The summed E-state index contributed by atoms with van der Waals surface area (Å²) in [5.41, 5.74) is 4.49. The lowest BCUT2D eigenvalue weighted by molar-refractivity contribution is -0.127. The van der Waals surface area contributed by atoms with E-state index in [1.807, 2.05) is 18.1 Å². The van der Waals surface area contributed by atoms with Gasteiger partial charge >= 0.3 is 0 Å². The Bertz CT molecular complexity index is 229. The van der Waals surface area contributed by atoms with Gasteiger partial charge in [0.25, 0.3) is 0 Å². The minimum absolute atomic E-state index is 0.404. The Hall–Kier alpha value is -0.990. The average Bonchev–Trinajstić information content (AvgIpc) is 1.97. The lowest BCUT2D eigenvalue weighted by atomic mass is 9.84. The first-order valence-electron chi connectivity index (χ1n) is 4.15. The number of carbonyl (C=O) groups excluding carboxylic acids is 1. The van der Waals surface area contributed by atoms with Crippen molar-refractivity contribution < 1.29 is 6.17 Å². The third-order valence-electron chi connectivity index (χ3n) is 1.95. The summed E-state index contributed by atoms with van der Waals surface area (Å²) in [5, 5.41) is 0. The van der Waals surface area contributed by atoms with Crippen molar-refractivity contribution in [1.82, 2.24) is 4.90 Å². The number of nitrogens with two attached hydrogens (primary N) is 1. The van der Waals surface area contributed by atoms with Crippen molar-refractivity contribution in [2.45, 2.75) is 13.3 Å². The highest BCUT2D eigenvalue weighted by molar-refractivity contribution is 5.81. The van der Waals surface area contributed by atoms with E-state index in [1.54, 1.807) is 13.0 Å². The number of rotatable bonds is 1. The van der Waals surface area contributed by atoms with Gasteiger partial charge in [0.2, 0.25) is 5.91 Å². The zero-order valence-corrected chi connectivity index (χ0v) is 6.87. The molecular formula is C8H14N2O. The highest BCUT2D eigenvalue weighted by atomic mass is 16.1. The number of amides is 1. The molecule has 0 radical (unpaired) electrons. The van der Waals surface area contributed by atoms with Crippen LogP contribution in [0.1, 0.15) is 14.7 Å². The van der Waals surface area contributed by atoms with E-state index in [0.717, 1.165) is 0 Å². The van der Waals surface area contributed by atoms with Crippen LogP contribution in [0.15, 0.2) is 12.3 Å². The summed E-state index contributed by atoms with van der Waals surface area (Å²) < 4.78 is 7.63. The zero-order valence-electron chi connectivity index (χ0n) is 7.87. The summed E-state index contributed by atoms with van der Waals surface area (Å²) in [6.45, 7) is 2.25. The zero-order chi connectivity index (χ0) is 9.35. The maximum atomic E-state index is 11.1. The van der Waals surface area contributed by atoms with E-state index in [2.05, 4.69) is 0 Å². The molecular weight excluding hydrogens is 140 g/mol. The van der Waals surface area contributed by atoms with Gasteiger partial charge in [-0.05, 0) is 19.5 Å². The van der Waals surface area contributed by atoms with Crippen LogP contribution in [0.5, 0.6) is 0 Å². The van der Waals surface area contributed by atoms with E-state index in [9.17, 15) is 4.79 Å². The predicted molar refractivity (Wildman–Crippen MR) is 43.7 cm³/mol. The van der Waals surface area contributed by atoms with E-state index in [0.29, 0.717) is 6.54 Å². The van der Waals surface area contributed by atoms with Crippen LogP contribution in [0.4, 0.5) is 0 Å². The van der Waals surface area contributed by atoms with E-state index >= 15 is 0 Å². The van der Waals surface area contributed by atoms with E-state index in [1.165, 1.54) is 0 Å². The van der Waals surface area contributed by atoms with E-state index < -0.39 is 17.7 Å². The number of hydrogen-bond donors (Lipinski definition) is 1. The van der Waals surface area contributed by atoms with Crippen LogP contribution < -0.4 is 5.73 Å². The van der Waals surface area contributed by atoms with Crippen molar-refractivity contribution in [2.75, 3.05) is 13.6 Å². The van der Waals surface area contributed by atoms with Crippen LogP contribution in [-0.2, 0) is 4.79 Å². The molecule has 2 atom stereocenters. The molecule has 1 aliphatic heterocycles. The second-order valence-corrected chi connectivity index (χ2v) is 3.21. The number of carbonyl (C=O) groups is 1. The fourth-order valence-electron chi connectivity index (χ4n) is 1.19. The van der Waals surface area contributed by atoms with Gasteiger partial charge < -0.3 is 10.6 Å². The fourth-order valence-corrected chi connectivity index (χ4v) is 1.19. The second kappa shape index (κ2) is 2.57. The van der Waals surface area contributed by atoms with Crippen molar-refractivity contribution in [2.24, 2.45) is 11.1 Å². The standard InChI is InChI=1S/C8H14N2O/c1-8(7(9)11)4-3-5-10(2)6-8/h3,5H,4,6H2,1-2H3,(H2,9,11)/i4D. The van der Waals surface area contributed by atoms with Gasteiger partial charge in [0.1, 0.15) is 0 Å². The van der Waals surface area contributed by atoms with Gasteiger partial charge in [-0.1, -0.05) is 6.08 Å². The summed E-state index contributed by atoms with van der Waals surface area (Å²) >= 11 is 0. The van der Waals surface area contributed by atoms with Gasteiger partial charge in [0.15, 0.2) is 0 Å². The molecule has 62 valence electrons. The molecule has 2 unspecified atom stereocenters. The lowest BCUT2D eigenvalue weighted by Crippen LogP contribution is -2.43. The molecule has 0 aliphatic carbocycles. The van der Waals surface area contributed by atoms with Gasteiger partial charge in [0, 0.05) is 15.0 Å². The normalized spacial score (nSPS) is 38.5. The SMILES string of the molecule is [2H]C1C=CN(C)CC1(C)C(N)=O. The smallest absolute Gasteiger partial charge is 0.225 e. The molecule has 0 aromatic carbocycles. The van der Waals surface area contributed by atoms with Crippen molar-refractivity contribution >= 4 is 5.91 Å². The molecule has 1 amide bonds. The third-order valence-corrected chi connectivity index (χ3v) is 1.95. The summed E-state index contributed by atoms with van der Waals surface area (Å²) in [6, 6.07) is 0. The Balaban J connectivity index is 2.91. The second-order valence-electron chi connectivity index (χ2n) is 3.21. The molecule has 0 bridgehead atoms. The molecule has 0 saturated carbocycles. The topological polar surface area (TPSA) is 46.3 Å². The van der Waals surface area contributed by atoms with Crippen LogP contribution in [0.2, 0.25) is 0 Å². The average molecular weight is 155 g/mol. The van der Waals surface area contributed by atoms with Crippen molar-refractivity contribution in [1.29, 1.82) is 0 Å². The van der Waals surface area contributed by atoms with Crippen molar-refractivity contribution in [3.63, 3.8) is 0 Å². The summed E-state index contributed by atoms with van der Waals surface area (Å²) in [5.74, 6) is -0.404. The van der Waals surface area contributed by atoms with Gasteiger partial charge in [-0.2, -0.15) is 0 Å². The van der Waals surface area contributed by atoms with Gasteiger partial charge in [-0.25, -0.2) is 0 Å². The first-order valence-corrected chi connectivity index (χ1v) is 3.57. The van der Waals surface area contributed by atoms with Crippen LogP contribution in [0.25, 0.3) is 0 Å². The molecule has 1 aliphatic rings. The Labute approximate surface area is 68.3 Å². The van der Waals surface area contributed by atoms with Crippen LogP contribution in [-0.4, -0.2) is 24.4 Å². The minimum atomic E-state index is -0.747. The lowest BCUT2D eigenvalue weighted by Gasteiger charge is -2.32. The molecule has 0 fully saturated rings. The van der Waals surface area contributed by atoms with Crippen molar-refractivity contribution in [3.05, 3.63) is 12.3 Å². The number of primary amides is 1. The Morgan fingerprint density at radius 2 is 2.55 bits per heavy atom. The Morgan fingerprint density at radius 3 is 3.00 bits per heavy atom. The first-order chi connectivity index (χ1) is 5.47. The Kier molecular flexibility index (Phi) is 1.56.